The third-order valence-electron chi connectivity index (χ3n) is 2.47. The molecular formula is C10H10BrClN2O. The van der Waals surface area contributed by atoms with Crippen LogP contribution in [0.2, 0.25) is 5.02 Å². The van der Waals surface area contributed by atoms with Gasteiger partial charge in [0.05, 0.1) is 10.6 Å². The maximum atomic E-state index is 11.9. The zero-order valence-electron chi connectivity index (χ0n) is 7.99. The molecular weight excluding hydrogens is 279 g/mol. The Balaban J connectivity index is 2.07. The second-order valence-corrected chi connectivity index (χ2v) is 4.64. The van der Waals surface area contributed by atoms with E-state index in [0.717, 1.165) is 18.4 Å². The Morgan fingerprint density at radius 1 is 1.67 bits per heavy atom. The fourth-order valence-electron chi connectivity index (χ4n) is 1.55. The van der Waals surface area contributed by atoms with Crippen LogP contribution in [0, 0.1) is 5.92 Å². The van der Waals surface area contributed by atoms with Crippen LogP contribution in [0.15, 0.2) is 18.5 Å². The quantitative estimate of drug-likeness (QED) is 0.782. The van der Waals surface area contributed by atoms with Crippen molar-refractivity contribution in [1.29, 1.82) is 0 Å². The first-order chi connectivity index (χ1) is 7.22. The molecule has 80 valence electrons. The van der Waals surface area contributed by atoms with Crippen molar-refractivity contribution in [2.24, 2.45) is 5.92 Å². The summed E-state index contributed by atoms with van der Waals surface area (Å²) < 4.78 is 0. The van der Waals surface area contributed by atoms with Crippen LogP contribution >= 0.6 is 27.5 Å². The van der Waals surface area contributed by atoms with Gasteiger partial charge in [-0.15, -0.1) is 0 Å². The first-order valence-corrected chi connectivity index (χ1v) is 6.17. The number of rotatable bonds is 2. The van der Waals surface area contributed by atoms with E-state index in [0.29, 0.717) is 16.5 Å². The molecule has 0 spiro atoms. The molecule has 0 aliphatic carbocycles. The van der Waals surface area contributed by atoms with Gasteiger partial charge in [-0.2, -0.15) is 0 Å². The molecule has 5 heteroatoms. The van der Waals surface area contributed by atoms with Crippen LogP contribution in [-0.4, -0.2) is 34.2 Å². The fourth-order valence-corrected chi connectivity index (χ4v) is 2.16. The average molecular weight is 290 g/mol. The average Bonchev–Trinajstić information content (AvgIpc) is 2.16. The number of halogens is 2. The van der Waals surface area contributed by atoms with Gasteiger partial charge in [-0.05, 0) is 6.07 Å². The summed E-state index contributed by atoms with van der Waals surface area (Å²) in [6.45, 7) is 1.62. The molecule has 1 aromatic rings. The molecule has 1 saturated heterocycles. The lowest BCUT2D eigenvalue weighted by molar-refractivity contribution is 0.0539. The molecule has 1 aromatic heterocycles. The van der Waals surface area contributed by atoms with Gasteiger partial charge in [0.2, 0.25) is 0 Å². The van der Waals surface area contributed by atoms with Crippen LogP contribution in [0.25, 0.3) is 0 Å². The zero-order valence-corrected chi connectivity index (χ0v) is 10.3. The smallest absolute Gasteiger partial charge is 0.255 e. The minimum atomic E-state index is -0.000370. The molecule has 1 amide bonds. The Hall–Kier alpha value is -0.610. The van der Waals surface area contributed by atoms with E-state index in [2.05, 4.69) is 20.9 Å². The third kappa shape index (κ3) is 2.16. The minimum absolute atomic E-state index is 0.000370. The van der Waals surface area contributed by atoms with Gasteiger partial charge in [-0.25, -0.2) is 0 Å². The summed E-state index contributed by atoms with van der Waals surface area (Å²) in [5.41, 5.74) is 0.541. The van der Waals surface area contributed by atoms with Crippen LogP contribution in [-0.2, 0) is 0 Å². The lowest BCUT2D eigenvalue weighted by atomic mass is 10.0. The van der Waals surface area contributed by atoms with E-state index < -0.39 is 0 Å². The van der Waals surface area contributed by atoms with E-state index in [1.165, 1.54) is 6.20 Å². The van der Waals surface area contributed by atoms with E-state index in [-0.39, 0.29) is 5.91 Å². The van der Waals surface area contributed by atoms with Crippen molar-refractivity contribution in [3.05, 3.63) is 29.0 Å². The molecule has 0 unspecified atom stereocenters. The number of hydrogen-bond acceptors (Lipinski definition) is 2. The number of alkyl halides is 1. The van der Waals surface area contributed by atoms with Crippen LogP contribution in [0.4, 0.5) is 0 Å². The number of aromatic nitrogens is 1. The Kier molecular flexibility index (Phi) is 3.26. The third-order valence-corrected chi connectivity index (χ3v) is 3.68. The highest BCUT2D eigenvalue weighted by Crippen LogP contribution is 2.23. The summed E-state index contributed by atoms with van der Waals surface area (Å²) in [7, 11) is 0. The fraction of sp³-hybridized carbons (Fsp3) is 0.400. The normalized spacial score (nSPS) is 16.3. The first-order valence-electron chi connectivity index (χ1n) is 4.67. The molecule has 0 saturated carbocycles. The summed E-state index contributed by atoms with van der Waals surface area (Å²) >= 11 is 9.29. The van der Waals surface area contributed by atoms with Crippen LogP contribution in [0.1, 0.15) is 10.4 Å². The predicted molar refractivity (Wildman–Crippen MR) is 62.4 cm³/mol. The number of carbonyl (C=O) groups excluding carboxylic acids is 1. The lowest BCUT2D eigenvalue weighted by Crippen LogP contribution is -2.50. The Labute approximate surface area is 102 Å². The summed E-state index contributed by atoms with van der Waals surface area (Å²) in [4.78, 5) is 17.6. The van der Waals surface area contributed by atoms with Crippen molar-refractivity contribution in [3.8, 4) is 0 Å². The summed E-state index contributed by atoms with van der Waals surface area (Å²) in [6, 6.07) is 1.66. The molecule has 15 heavy (non-hydrogen) atoms. The molecule has 0 N–H and O–H groups in total. The first kappa shape index (κ1) is 10.9. The van der Waals surface area contributed by atoms with E-state index in [1.807, 2.05) is 0 Å². The van der Waals surface area contributed by atoms with Gasteiger partial charge in [0.15, 0.2) is 0 Å². The monoisotopic (exact) mass is 288 g/mol. The molecule has 1 aliphatic heterocycles. The molecule has 0 aromatic carbocycles. The van der Waals surface area contributed by atoms with Crippen molar-refractivity contribution >= 4 is 33.4 Å². The van der Waals surface area contributed by atoms with E-state index in [1.54, 1.807) is 17.2 Å². The number of carbonyl (C=O) groups is 1. The number of hydrogen-bond donors (Lipinski definition) is 0. The number of amides is 1. The van der Waals surface area contributed by atoms with E-state index in [4.69, 9.17) is 11.6 Å². The highest BCUT2D eigenvalue weighted by molar-refractivity contribution is 9.09. The van der Waals surface area contributed by atoms with Crippen LogP contribution < -0.4 is 0 Å². The second kappa shape index (κ2) is 4.49. The standard InChI is InChI=1S/C10H10BrClN2O/c11-3-7-5-14(6-7)10(15)8-1-2-13-4-9(8)12/h1-2,4,7H,3,5-6H2. The maximum Gasteiger partial charge on any atom is 0.255 e. The highest BCUT2D eigenvalue weighted by Gasteiger charge is 2.30. The molecule has 2 heterocycles. The topological polar surface area (TPSA) is 33.2 Å². The number of pyridine rings is 1. The van der Waals surface area contributed by atoms with Gasteiger partial charge in [-0.1, -0.05) is 27.5 Å². The van der Waals surface area contributed by atoms with Gasteiger partial charge in [0.1, 0.15) is 0 Å². The van der Waals surface area contributed by atoms with Crippen LogP contribution in [0.5, 0.6) is 0 Å². The highest BCUT2D eigenvalue weighted by atomic mass is 79.9. The van der Waals surface area contributed by atoms with E-state index >= 15 is 0 Å². The molecule has 3 nitrogen and oxygen atoms in total. The molecule has 1 fully saturated rings. The van der Waals surface area contributed by atoms with Crippen molar-refractivity contribution in [2.45, 2.75) is 0 Å². The van der Waals surface area contributed by atoms with Crippen molar-refractivity contribution < 1.29 is 4.79 Å². The molecule has 1 aliphatic rings. The Bertz CT molecular complexity index is 379. The zero-order chi connectivity index (χ0) is 10.8. The van der Waals surface area contributed by atoms with Gasteiger partial charge in [0.25, 0.3) is 5.91 Å². The van der Waals surface area contributed by atoms with E-state index in [9.17, 15) is 4.79 Å². The molecule has 0 bridgehead atoms. The summed E-state index contributed by atoms with van der Waals surface area (Å²) in [5, 5.41) is 1.37. The molecule has 0 atom stereocenters. The largest absolute Gasteiger partial charge is 0.338 e. The summed E-state index contributed by atoms with van der Waals surface area (Å²) in [5.74, 6) is 0.578. The summed E-state index contributed by atoms with van der Waals surface area (Å²) in [6.07, 6.45) is 3.08. The van der Waals surface area contributed by atoms with Gasteiger partial charge in [-0.3, -0.25) is 9.78 Å². The Morgan fingerprint density at radius 3 is 3.00 bits per heavy atom. The van der Waals surface area contributed by atoms with Crippen molar-refractivity contribution in [2.75, 3.05) is 18.4 Å². The maximum absolute atomic E-state index is 11.9. The minimum Gasteiger partial charge on any atom is -0.338 e. The molecule has 0 radical (unpaired) electrons. The van der Waals surface area contributed by atoms with Gasteiger partial charge >= 0.3 is 0 Å². The Morgan fingerprint density at radius 2 is 2.40 bits per heavy atom. The molecule has 2 rings (SSSR count). The van der Waals surface area contributed by atoms with Crippen molar-refractivity contribution in [3.63, 3.8) is 0 Å². The second-order valence-electron chi connectivity index (χ2n) is 3.59. The SMILES string of the molecule is O=C(c1ccncc1Cl)N1CC(CBr)C1. The lowest BCUT2D eigenvalue weighted by Gasteiger charge is -2.38. The predicted octanol–water partition coefficient (Wildman–Crippen LogP) is 2.20. The van der Waals surface area contributed by atoms with Gasteiger partial charge in [0, 0.05) is 36.7 Å². The number of nitrogens with zero attached hydrogens (tertiary/aromatic N) is 2. The number of likely N-dealkylation sites (tertiary alicyclic amines) is 1. The van der Waals surface area contributed by atoms with Crippen LogP contribution in [0.3, 0.4) is 0 Å². The van der Waals surface area contributed by atoms with Crippen molar-refractivity contribution in [1.82, 2.24) is 9.88 Å². The van der Waals surface area contributed by atoms with Gasteiger partial charge < -0.3 is 4.90 Å².